The Morgan fingerprint density at radius 2 is 1.93 bits per heavy atom. The Hall–Kier alpha value is -1.58. The van der Waals surface area contributed by atoms with E-state index >= 15 is 0 Å². The molecule has 0 bridgehead atoms. The highest BCUT2D eigenvalue weighted by molar-refractivity contribution is 8.00. The molecule has 0 radical (unpaired) electrons. The van der Waals surface area contributed by atoms with E-state index in [0.717, 1.165) is 24.2 Å². The largest absolute Gasteiger partial charge is 0.352 e. The second kappa shape index (κ2) is 9.06. The number of anilines is 1. The number of thioether (sulfide) groups is 1. The molecule has 0 unspecified atom stereocenters. The molecule has 3 rings (SSSR count). The van der Waals surface area contributed by atoms with Crippen molar-refractivity contribution >= 4 is 39.3 Å². The minimum atomic E-state index is -3.62. The van der Waals surface area contributed by atoms with E-state index in [9.17, 15) is 18.0 Å². The van der Waals surface area contributed by atoms with Gasteiger partial charge < -0.3 is 10.2 Å². The van der Waals surface area contributed by atoms with Crippen molar-refractivity contribution in [1.29, 1.82) is 0 Å². The summed E-state index contributed by atoms with van der Waals surface area (Å²) in [5.41, 5.74) is 0.501. The predicted octanol–water partition coefficient (Wildman–Crippen LogP) is 2.60. The number of nitrogens with zero attached hydrogens (tertiary/aromatic N) is 2. The number of piperidine rings is 1. The monoisotopic (exact) mass is 439 g/mol. The van der Waals surface area contributed by atoms with Crippen molar-refractivity contribution < 1.29 is 18.0 Å². The van der Waals surface area contributed by atoms with Crippen LogP contribution in [-0.4, -0.2) is 55.5 Å². The van der Waals surface area contributed by atoms with Crippen LogP contribution < -0.4 is 10.2 Å². The maximum Gasteiger partial charge on any atom is 0.243 e. The van der Waals surface area contributed by atoms with Gasteiger partial charge in [0.15, 0.2) is 0 Å². The van der Waals surface area contributed by atoms with Gasteiger partial charge in [0.25, 0.3) is 0 Å². The molecular weight excluding hydrogens is 410 g/mol. The number of hydrogen-bond donors (Lipinski definition) is 1. The molecule has 1 saturated heterocycles. The molecule has 1 atom stereocenters. The van der Waals surface area contributed by atoms with Crippen molar-refractivity contribution in [1.82, 2.24) is 9.62 Å². The lowest BCUT2D eigenvalue weighted by Crippen LogP contribution is -2.43. The van der Waals surface area contributed by atoms with Gasteiger partial charge in [0.05, 0.1) is 10.6 Å². The number of benzene rings is 1. The first kappa shape index (κ1) is 22.1. The maximum absolute atomic E-state index is 13.1. The van der Waals surface area contributed by atoms with Gasteiger partial charge in [0.1, 0.15) is 6.54 Å². The van der Waals surface area contributed by atoms with Crippen molar-refractivity contribution in [3.63, 3.8) is 0 Å². The van der Waals surface area contributed by atoms with Crippen molar-refractivity contribution in [2.24, 2.45) is 0 Å². The molecule has 29 heavy (non-hydrogen) atoms. The number of carbonyl (C=O) groups excluding carboxylic acids is 2. The highest BCUT2D eigenvalue weighted by Gasteiger charge is 2.31. The minimum absolute atomic E-state index is 0.0387. The average Bonchev–Trinajstić information content (AvgIpc) is 2.77. The molecule has 0 aliphatic carbocycles. The second-order valence-electron chi connectivity index (χ2n) is 7.93. The topological polar surface area (TPSA) is 86.8 Å². The third-order valence-corrected chi connectivity index (χ3v) is 8.08. The SMILES string of the molecule is CC(C)NC(=O)CN1C(=O)C[C@@H](C)Sc2ccc(S(=O)(=O)N3CCCCC3)cc21. The fraction of sp³-hybridized carbons (Fsp3) is 0.600. The Morgan fingerprint density at radius 1 is 1.24 bits per heavy atom. The van der Waals surface area contributed by atoms with E-state index in [1.54, 1.807) is 18.2 Å². The van der Waals surface area contributed by atoms with Crippen LogP contribution in [0.4, 0.5) is 5.69 Å². The summed E-state index contributed by atoms with van der Waals surface area (Å²) in [6.45, 7) is 6.59. The van der Waals surface area contributed by atoms with Crippen LogP contribution in [0.25, 0.3) is 0 Å². The molecule has 1 fully saturated rings. The molecule has 7 nitrogen and oxygen atoms in total. The number of hydrogen-bond acceptors (Lipinski definition) is 5. The van der Waals surface area contributed by atoms with Gasteiger partial charge in [0, 0.05) is 35.7 Å². The van der Waals surface area contributed by atoms with Crippen molar-refractivity contribution in [3.05, 3.63) is 18.2 Å². The van der Waals surface area contributed by atoms with E-state index in [2.05, 4.69) is 5.32 Å². The van der Waals surface area contributed by atoms with E-state index in [1.807, 2.05) is 20.8 Å². The van der Waals surface area contributed by atoms with Crippen LogP contribution in [0.1, 0.15) is 46.5 Å². The lowest BCUT2D eigenvalue weighted by molar-refractivity contribution is -0.124. The third-order valence-electron chi connectivity index (χ3n) is 5.02. The highest BCUT2D eigenvalue weighted by Crippen LogP contribution is 2.39. The van der Waals surface area contributed by atoms with Crippen molar-refractivity contribution in [2.45, 2.75) is 67.5 Å². The van der Waals surface area contributed by atoms with Gasteiger partial charge >= 0.3 is 0 Å². The molecule has 2 amide bonds. The summed E-state index contributed by atoms with van der Waals surface area (Å²) in [6.07, 6.45) is 3.05. The zero-order chi connectivity index (χ0) is 21.2. The zero-order valence-electron chi connectivity index (χ0n) is 17.2. The Balaban J connectivity index is 1.98. The maximum atomic E-state index is 13.1. The van der Waals surface area contributed by atoms with Gasteiger partial charge in [0.2, 0.25) is 21.8 Å². The van der Waals surface area contributed by atoms with Gasteiger partial charge in [-0.3, -0.25) is 9.59 Å². The molecule has 0 aromatic heterocycles. The van der Waals surface area contributed by atoms with Gasteiger partial charge in [-0.05, 0) is 44.9 Å². The summed E-state index contributed by atoms with van der Waals surface area (Å²) in [5.74, 6) is -0.432. The molecule has 1 aromatic rings. The van der Waals surface area contributed by atoms with E-state index in [0.29, 0.717) is 25.2 Å². The van der Waals surface area contributed by atoms with Crippen LogP contribution >= 0.6 is 11.8 Å². The Morgan fingerprint density at radius 3 is 2.59 bits per heavy atom. The first-order chi connectivity index (χ1) is 13.7. The van der Waals surface area contributed by atoms with E-state index in [4.69, 9.17) is 0 Å². The molecule has 160 valence electrons. The summed E-state index contributed by atoms with van der Waals surface area (Å²) in [5, 5.41) is 2.85. The molecule has 2 aliphatic heterocycles. The fourth-order valence-electron chi connectivity index (χ4n) is 3.66. The number of nitrogens with one attached hydrogen (secondary N) is 1. The van der Waals surface area contributed by atoms with Gasteiger partial charge in [-0.1, -0.05) is 13.3 Å². The Kier molecular flexibility index (Phi) is 6.90. The summed E-state index contributed by atoms with van der Waals surface area (Å²) >= 11 is 1.53. The normalized spacial score (nSPS) is 21.0. The summed E-state index contributed by atoms with van der Waals surface area (Å²) in [7, 11) is -3.62. The van der Waals surface area contributed by atoms with Crippen molar-refractivity contribution in [2.75, 3.05) is 24.5 Å². The standard InChI is InChI=1S/C20H29N3O4S2/c1-14(2)21-19(24)13-23-17-12-16(29(26,27)22-9-5-4-6-10-22)7-8-18(17)28-15(3)11-20(23)25/h7-8,12,14-15H,4-6,9-11,13H2,1-3H3,(H,21,24)/t15-/m1/s1. The lowest BCUT2D eigenvalue weighted by Gasteiger charge is -2.27. The van der Waals surface area contributed by atoms with Gasteiger partial charge in [-0.2, -0.15) is 4.31 Å². The number of carbonyl (C=O) groups is 2. The quantitative estimate of drug-likeness (QED) is 0.762. The van der Waals surface area contributed by atoms with Crippen molar-refractivity contribution in [3.8, 4) is 0 Å². The van der Waals surface area contributed by atoms with Crippen LogP contribution in [0.15, 0.2) is 28.0 Å². The van der Waals surface area contributed by atoms with Gasteiger partial charge in [-0.25, -0.2) is 8.42 Å². The molecule has 1 aromatic carbocycles. The first-order valence-electron chi connectivity index (χ1n) is 10.1. The molecule has 0 saturated carbocycles. The molecule has 2 heterocycles. The summed E-state index contributed by atoms with van der Waals surface area (Å²) < 4.78 is 27.7. The second-order valence-corrected chi connectivity index (χ2v) is 11.3. The highest BCUT2D eigenvalue weighted by atomic mass is 32.2. The van der Waals surface area contributed by atoms with Crippen LogP contribution in [-0.2, 0) is 19.6 Å². The molecule has 2 aliphatic rings. The fourth-order valence-corrected chi connectivity index (χ4v) is 6.29. The Labute approximate surface area is 177 Å². The minimum Gasteiger partial charge on any atom is -0.352 e. The molecular formula is C20H29N3O4S2. The van der Waals surface area contributed by atoms with Crippen LogP contribution in [0, 0.1) is 0 Å². The number of amides is 2. The number of sulfonamides is 1. The third kappa shape index (κ3) is 5.13. The Bertz CT molecular complexity index is 880. The van der Waals surface area contributed by atoms with Crippen LogP contribution in [0.2, 0.25) is 0 Å². The molecule has 1 N–H and O–H groups in total. The number of fused-ring (bicyclic) bond motifs is 1. The molecule has 0 spiro atoms. The summed E-state index contributed by atoms with van der Waals surface area (Å²) in [4.78, 5) is 27.6. The first-order valence-corrected chi connectivity index (χ1v) is 12.4. The van der Waals surface area contributed by atoms with E-state index in [1.165, 1.54) is 21.0 Å². The average molecular weight is 440 g/mol. The van der Waals surface area contributed by atoms with E-state index < -0.39 is 10.0 Å². The molecule has 9 heteroatoms. The summed E-state index contributed by atoms with van der Waals surface area (Å²) in [6, 6.07) is 4.90. The zero-order valence-corrected chi connectivity index (χ0v) is 18.8. The van der Waals surface area contributed by atoms with Gasteiger partial charge in [-0.15, -0.1) is 11.8 Å². The number of rotatable bonds is 5. The van der Waals surface area contributed by atoms with E-state index in [-0.39, 0.29) is 34.5 Å². The smallest absolute Gasteiger partial charge is 0.243 e. The van der Waals surface area contributed by atoms with Crippen LogP contribution in [0.3, 0.4) is 0 Å². The lowest BCUT2D eigenvalue weighted by atomic mass is 10.2. The van der Waals surface area contributed by atoms with Crippen LogP contribution in [0.5, 0.6) is 0 Å². The predicted molar refractivity (Wildman–Crippen MR) is 115 cm³/mol.